The standard InChI is InChI=1S/C28H51N3O4/c1-11-15-21(6)31-17-14-13-16-22(31)25(32)29-24(28(7,8)9)26(33)30(10)23(19(3)4)18-20(5)27(34)35-12-2/h18-19,21-24H,11-17H2,1-10H3,(H,29,32)/b20-18+. The van der Waals surface area contributed by atoms with Gasteiger partial charge >= 0.3 is 5.97 Å². The van der Waals surface area contributed by atoms with Crippen molar-refractivity contribution in [1.29, 1.82) is 0 Å². The number of likely N-dealkylation sites (N-methyl/N-ethyl adjacent to an activating group) is 1. The molecule has 35 heavy (non-hydrogen) atoms. The summed E-state index contributed by atoms with van der Waals surface area (Å²) in [6.45, 7) is 19.0. The molecular weight excluding hydrogens is 442 g/mol. The van der Waals surface area contributed by atoms with Gasteiger partial charge in [-0.1, -0.05) is 60.5 Å². The molecule has 1 rings (SSSR count). The van der Waals surface area contributed by atoms with E-state index in [-0.39, 0.29) is 35.8 Å². The van der Waals surface area contributed by atoms with E-state index in [4.69, 9.17) is 4.74 Å². The predicted molar refractivity (Wildman–Crippen MR) is 142 cm³/mol. The molecule has 0 saturated carbocycles. The van der Waals surface area contributed by atoms with Gasteiger partial charge in [-0.05, 0) is 57.9 Å². The van der Waals surface area contributed by atoms with Crippen LogP contribution in [0.3, 0.4) is 0 Å². The van der Waals surface area contributed by atoms with Crippen LogP contribution in [0.25, 0.3) is 0 Å². The SMILES string of the molecule is CCCC(C)N1CCCCC1C(=O)NC(C(=O)N(C)C(/C=C(\C)C(=O)OCC)C(C)C)C(C)(C)C. The van der Waals surface area contributed by atoms with E-state index in [1.807, 2.05) is 34.6 Å². The Morgan fingerprint density at radius 2 is 1.77 bits per heavy atom. The molecule has 1 aliphatic heterocycles. The van der Waals surface area contributed by atoms with Gasteiger partial charge in [-0.15, -0.1) is 0 Å². The van der Waals surface area contributed by atoms with Crippen LogP contribution in [0, 0.1) is 11.3 Å². The Balaban J connectivity index is 3.16. The van der Waals surface area contributed by atoms with Crippen LogP contribution in [-0.4, -0.2) is 72.0 Å². The lowest BCUT2D eigenvalue weighted by Crippen LogP contribution is -2.60. The predicted octanol–water partition coefficient (Wildman–Crippen LogP) is 4.55. The second-order valence-electron chi connectivity index (χ2n) is 11.4. The first-order valence-corrected chi connectivity index (χ1v) is 13.4. The van der Waals surface area contributed by atoms with Gasteiger partial charge in [-0.3, -0.25) is 14.5 Å². The van der Waals surface area contributed by atoms with Crippen LogP contribution in [0.15, 0.2) is 11.6 Å². The molecule has 0 aromatic carbocycles. The van der Waals surface area contributed by atoms with Gasteiger partial charge in [-0.25, -0.2) is 4.79 Å². The number of nitrogens with one attached hydrogen (secondary N) is 1. The van der Waals surface area contributed by atoms with Crippen LogP contribution >= 0.6 is 0 Å². The second kappa shape index (κ2) is 14.0. The van der Waals surface area contributed by atoms with Crippen molar-refractivity contribution in [3.05, 3.63) is 11.6 Å². The van der Waals surface area contributed by atoms with Crippen LogP contribution in [0.5, 0.6) is 0 Å². The molecule has 0 aromatic heterocycles. The second-order valence-corrected chi connectivity index (χ2v) is 11.4. The van der Waals surface area contributed by atoms with E-state index >= 15 is 0 Å². The minimum absolute atomic E-state index is 0.0614. The van der Waals surface area contributed by atoms with Gasteiger partial charge in [0.05, 0.1) is 18.7 Å². The summed E-state index contributed by atoms with van der Waals surface area (Å²) in [5, 5.41) is 3.14. The number of piperidine rings is 1. The number of carbonyl (C=O) groups is 3. The van der Waals surface area contributed by atoms with E-state index in [1.54, 1.807) is 31.9 Å². The lowest BCUT2D eigenvalue weighted by atomic mass is 9.84. The number of likely N-dealkylation sites (tertiary alicyclic amines) is 1. The summed E-state index contributed by atoms with van der Waals surface area (Å²) < 4.78 is 5.12. The van der Waals surface area contributed by atoms with Crippen LogP contribution in [0.1, 0.15) is 94.4 Å². The van der Waals surface area contributed by atoms with Crippen molar-refractivity contribution in [2.45, 2.75) is 119 Å². The highest BCUT2D eigenvalue weighted by Gasteiger charge is 2.40. The summed E-state index contributed by atoms with van der Waals surface area (Å²) in [7, 11) is 1.75. The lowest BCUT2D eigenvalue weighted by molar-refractivity contribution is -0.142. The summed E-state index contributed by atoms with van der Waals surface area (Å²) in [5.74, 6) is -0.512. The zero-order valence-corrected chi connectivity index (χ0v) is 23.9. The van der Waals surface area contributed by atoms with Crippen molar-refractivity contribution in [2.75, 3.05) is 20.2 Å². The van der Waals surface area contributed by atoms with E-state index in [0.29, 0.717) is 18.2 Å². The number of hydrogen-bond donors (Lipinski definition) is 1. The van der Waals surface area contributed by atoms with E-state index in [1.165, 1.54) is 0 Å². The molecule has 4 atom stereocenters. The Labute approximate surface area is 214 Å². The first kappa shape index (κ1) is 31.1. The molecule has 1 aliphatic rings. The molecule has 7 nitrogen and oxygen atoms in total. The van der Waals surface area contributed by atoms with Crippen LogP contribution in [-0.2, 0) is 19.1 Å². The maximum absolute atomic E-state index is 13.8. The van der Waals surface area contributed by atoms with Gasteiger partial charge in [0.2, 0.25) is 11.8 Å². The zero-order chi connectivity index (χ0) is 26.9. The summed E-state index contributed by atoms with van der Waals surface area (Å²) in [5.41, 5.74) is 0.000973. The smallest absolute Gasteiger partial charge is 0.333 e. The first-order chi connectivity index (χ1) is 16.3. The number of rotatable bonds is 11. The number of amides is 2. The summed E-state index contributed by atoms with van der Waals surface area (Å²) in [4.78, 5) is 43.5. The molecule has 4 unspecified atom stereocenters. The number of nitrogens with zero attached hydrogens (tertiary/aromatic N) is 2. The Morgan fingerprint density at radius 3 is 2.29 bits per heavy atom. The molecule has 0 radical (unpaired) electrons. The van der Waals surface area contributed by atoms with E-state index in [0.717, 1.165) is 38.6 Å². The Hall–Kier alpha value is -1.89. The quantitative estimate of drug-likeness (QED) is 0.337. The minimum atomic E-state index is -0.678. The lowest BCUT2D eigenvalue weighted by Gasteiger charge is -2.41. The van der Waals surface area contributed by atoms with E-state index < -0.39 is 11.5 Å². The van der Waals surface area contributed by atoms with Crippen molar-refractivity contribution in [3.63, 3.8) is 0 Å². The van der Waals surface area contributed by atoms with Crippen molar-refractivity contribution < 1.29 is 19.1 Å². The minimum Gasteiger partial charge on any atom is -0.463 e. The normalized spacial score (nSPS) is 20.2. The third-order valence-electron chi connectivity index (χ3n) is 7.02. The van der Waals surface area contributed by atoms with Gasteiger partial charge in [0.1, 0.15) is 6.04 Å². The first-order valence-electron chi connectivity index (χ1n) is 13.4. The molecule has 0 aliphatic carbocycles. The van der Waals surface area contributed by atoms with E-state index in [2.05, 4.69) is 24.1 Å². The van der Waals surface area contributed by atoms with Gasteiger partial charge in [0.25, 0.3) is 0 Å². The number of hydrogen-bond acceptors (Lipinski definition) is 5. The van der Waals surface area contributed by atoms with Gasteiger partial charge in [0.15, 0.2) is 0 Å². The third kappa shape index (κ3) is 8.93. The average Bonchev–Trinajstić information content (AvgIpc) is 2.79. The molecule has 0 bridgehead atoms. The molecule has 7 heteroatoms. The van der Waals surface area contributed by atoms with Crippen molar-refractivity contribution >= 4 is 17.8 Å². The summed E-state index contributed by atoms with van der Waals surface area (Å²) in [6.07, 6.45) is 6.87. The molecule has 1 heterocycles. The largest absolute Gasteiger partial charge is 0.463 e. The number of esters is 1. The molecule has 1 saturated heterocycles. The fraction of sp³-hybridized carbons (Fsp3) is 0.821. The van der Waals surface area contributed by atoms with Crippen LogP contribution < -0.4 is 5.32 Å². The molecule has 202 valence electrons. The highest BCUT2D eigenvalue weighted by Crippen LogP contribution is 2.26. The number of ether oxygens (including phenoxy) is 1. The van der Waals surface area contributed by atoms with Crippen LogP contribution in [0.4, 0.5) is 0 Å². The van der Waals surface area contributed by atoms with Crippen LogP contribution in [0.2, 0.25) is 0 Å². The Kier molecular flexibility index (Phi) is 12.5. The molecule has 0 aromatic rings. The Morgan fingerprint density at radius 1 is 1.14 bits per heavy atom. The fourth-order valence-electron chi connectivity index (χ4n) is 4.90. The molecule has 0 spiro atoms. The summed E-state index contributed by atoms with van der Waals surface area (Å²) in [6, 6.07) is -0.851. The monoisotopic (exact) mass is 493 g/mol. The average molecular weight is 494 g/mol. The highest BCUT2D eigenvalue weighted by atomic mass is 16.5. The number of carbonyl (C=O) groups excluding carboxylic acids is 3. The molecule has 2 amide bonds. The maximum Gasteiger partial charge on any atom is 0.333 e. The zero-order valence-electron chi connectivity index (χ0n) is 23.9. The van der Waals surface area contributed by atoms with E-state index in [9.17, 15) is 14.4 Å². The van der Waals surface area contributed by atoms with Gasteiger partial charge in [0, 0.05) is 18.7 Å². The van der Waals surface area contributed by atoms with Gasteiger partial charge < -0.3 is 15.0 Å². The maximum atomic E-state index is 13.8. The molecule has 1 fully saturated rings. The highest BCUT2D eigenvalue weighted by molar-refractivity contribution is 5.91. The third-order valence-corrected chi connectivity index (χ3v) is 7.02. The fourth-order valence-corrected chi connectivity index (χ4v) is 4.90. The molecular formula is C28H51N3O4. The topological polar surface area (TPSA) is 79.0 Å². The molecule has 1 N–H and O–H groups in total. The Bertz CT molecular complexity index is 741. The van der Waals surface area contributed by atoms with Crippen molar-refractivity contribution in [1.82, 2.24) is 15.1 Å². The van der Waals surface area contributed by atoms with Gasteiger partial charge in [-0.2, -0.15) is 0 Å². The van der Waals surface area contributed by atoms with Crippen molar-refractivity contribution in [2.24, 2.45) is 11.3 Å². The summed E-state index contributed by atoms with van der Waals surface area (Å²) >= 11 is 0. The van der Waals surface area contributed by atoms with Crippen molar-refractivity contribution in [3.8, 4) is 0 Å².